The van der Waals surface area contributed by atoms with Crippen LogP contribution in [0.25, 0.3) is 0 Å². The van der Waals surface area contributed by atoms with Crippen LogP contribution in [0.3, 0.4) is 0 Å². The number of nitrogens with one attached hydrogen (secondary N) is 1. The van der Waals surface area contributed by atoms with Gasteiger partial charge in [0.25, 0.3) is 0 Å². The predicted octanol–water partition coefficient (Wildman–Crippen LogP) is 0.728. The summed E-state index contributed by atoms with van der Waals surface area (Å²) < 4.78 is 5.00. The second kappa shape index (κ2) is 3.71. The van der Waals surface area contributed by atoms with Gasteiger partial charge in [0.15, 0.2) is 12.0 Å². The molecule has 0 unspecified atom stereocenters. The van der Waals surface area contributed by atoms with Crippen LogP contribution in [0, 0.1) is 0 Å². The van der Waals surface area contributed by atoms with Gasteiger partial charge >= 0.3 is 0 Å². The topological polar surface area (TPSA) is 59.3 Å². The van der Waals surface area contributed by atoms with Crippen molar-refractivity contribution in [2.45, 2.75) is 13.5 Å². The summed E-state index contributed by atoms with van der Waals surface area (Å²) in [4.78, 5) is 20.6. The first-order chi connectivity index (χ1) is 5.72. The molecule has 1 aromatic rings. The van der Waals surface area contributed by atoms with Gasteiger partial charge in [-0.1, -0.05) is 0 Å². The van der Waals surface area contributed by atoms with E-state index in [9.17, 15) is 9.59 Å². The monoisotopic (exact) mass is 167 g/mol. The van der Waals surface area contributed by atoms with E-state index in [0.29, 0.717) is 18.6 Å². The minimum absolute atomic E-state index is 0.126. The number of carbonyl (C=O) groups is 2. The molecule has 0 bridgehead atoms. The first-order valence-electron chi connectivity index (χ1n) is 3.50. The molecule has 64 valence electrons. The zero-order chi connectivity index (χ0) is 8.97. The molecule has 0 aliphatic heterocycles. The van der Waals surface area contributed by atoms with E-state index in [2.05, 4.69) is 5.32 Å². The number of amides is 1. The maximum Gasteiger partial charge on any atom is 0.217 e. The molecule has 0 fully saturated rings. The van der Waals surface area contributed by atoms with Crippen molar-refractivity contribution in [2.24, 2.45) is 0 Å². The van der Waals surface area contributed by atoms with Gasteiger partial charge in [-0.05, 0) is 12.1 Å². The normalized spacial score (nSPS) is 9.42. The third kappa shape index (κ3) is 2.23. The van der Waals surface area contributed by atoms with Crippen LogP contribution < -0.4 is 5.32 Å². The number of furan rings is 1. The Morgan fingerprint density at radius 3 is 2.92 bits per heavy atom. The number of aldehydes is 1. The van der Waals surface area contributed by atoms with Gasteiger partial charge in [-0.2, -0.15) is 0 Å². The lowest BCUT2D eigenvalue weighted by Crippen LogP contribution is -2.18. The quantitative estimate of drug-likeness (QED) is 0.675. The van der Waals surface area contributed by atoms with Crippen molar-refractivity contribution in [1.29, 1.82) is 0 Å². The summed E-state index contributed by atoms with van der Waals surface area (Å²) in [5.41, 5.74) is 0. The minimum atomic E-state index is -0.126. The van der Waals surface area contributed by atoms with E-state index in [1.54, 1.807) is 12.1 Å². The molecule has 0 aliphatic rings. The molecular formula is C8H9NO3. The molecule has 1 aromatic heterocycles. The summed E-state index contributed by atoms with van der Waals surface area (Å²) in [6.45, 7) is 1.74. The molecule has 1 amide bonds. The number of hydrogen-bond acceptors (Lipinski definition) is 3. The molecule has 4 nitrogen and oxygen atoms in total. The fraction of sp³-hybridized carbons (Fsp3) is 0.250. The molecule has 0 saturated carbocycles. The molecule has 1 rings (SSSR count). The first kappa shape index (κ1) is 8.52. The van der Waals surface area contributed by atoms with E-state index in [1.807, 2.05) is 0 Å². The molecule has 0 aliphatic carbocycles. The average Bonchev–Trinajstić information content (AvgIpc) is 2.48. The van der Waals surface area contributed by atoms with Gasteiger partial charge in [0.2, 0.25) is 5.91 Å². The lowest BCUT2D eigenvalue weighted by atomic mass is 10.4. The third-order valence-electron chi connectivity index (χ3n) is 1.31. The zero-order valence-electron chi connectivity index (χ0n) is 6.66. The van der Waals surface area contributed by atoms with Gasteiger partial charge in [-0.3, -0.25) is 9.59 Å². The van der Waals surface area contributed by atoms with Crippen molar-refractivity contribution < 1.29 is 14.0 Å². The highest BCUT2D eigenvalue weighted by atomic mass is 16.3. The second-order valence-corrected chi connectivity index (χ2v) is 2.33. The molecule has 0 radical (unpaired) electrons. The summed E-state index contributed by atoms with van der Waals surface area (Å²) in [7, 11) is 0. The average molecular weight is 167 g/mol. The molecule has 0 saturated heterocycles. The highest BCUT2D eigenvalue weighted by molar-refractivity contribution is 5.73. The van der Waals surface area contributed by atoms with Gasteiger partial charge in [0.05, 0.1) is 6.54 Å². The van der Waals surface area contributed by atoms with Crippen molar-refractivity contribution in [3.8, 4) is 0 Å². The van der Waals surface area contributed by atoms with Crippen LogP contribution in [-0.4, -0.2) is 12.2 Å². The lowest BCUT2D eigenvalue weighted by Gasteiger charge is -1.96. The van der Waals surface area contributed by atoms with E-state index in [-0.39, 0.29) is 11.7 Å². The molecular weight excluding hydrogens is 158 g/mol. The number of hydrogen-bond donors (Lipinski definition) is 1. The smallest absolute Gasteiger partial charge is 0.217 e. The van der Waals surface area contributed by atoms with Gasteiger partial charge in [0, 0.05) is 6.92 Å². The Hall–Kier alpha value is -1.58. The summed E-state index contributed by atoms with van der Waals surface area (Å²) in [5, 5.41) is 2.55. The van der Waals surface area contributed by atoms with Crippen LogP contribution in [0.4, 0.5) is 0 Å². The Bertz CT molecular complexity index is 290. The van der Waals surface area contributed by atoms with E-state index in [1.165, 1.54) is 6.92 Å². The Labute approximate surface area is 69.6 Å². The highest BCUT2D eigenvalue weighted by Gasteiger charge is 2.00. The maximum atomic E-state index is 10.5. The van der Waals surface area contributed by atoms with Gasteiger partial charge < -0.3 is 9.73 Å². The van der Waals surface area contributed by atoms with Gasteiger partial charge in [-0.25, -0.2) is 0 Å². The fourth-order valence-corrected chi connectivity index (χ4v) is 0.764. The molecule has 1 N–H and O–H groups in total. The molecule has 1 heterocycles. The standard InChI is InChI=1S/C8H9NO3/c1-6(11)9-4-7-2-3-8(5-10)12-7/h2-3,5H,4H2,1H3,(H,9,11). The number of rotatable bonds is 3. The SMILES string of the molecule is CC(=O)NCc1ccc(C=O)o1. The van der Waals surface area contributed by atoms with Crippen molar-refractivity contribution in [2.75, 3.05) is 0 Å². The van der Waals surface area contributed by atoms with Crippen LogP contribution in [0.15, 0.2) is 16.5 Å². The molecule has 0 aromatic carbocycles. The van der Waals surface area contributed by atoms with Gasteiger partial charge in [-0.15, -0.1) is 0 Å². The van der Waals surface area contributed by atoms with Crippen LogP contribution in [-0.2, 0) is 11.3 Å². The summed E-state index contributed by atoms with van der Waals surface area (Å²) >= 11 is 0. The van der Waals surface area contributed by atoms with E-state index in [4.69, 9.17) is 4.42 Å². The second-order valence-electron chi connectivity index (χ2n) is 2.33. The van der Waals surface area contributed by atoms with Gasteiger partial charge in [0.1, 0.15) is 5.76 Å². The largest absolute Gasteiger partial charge is 0.456 e. The van der Waals surface area contributed by atoms with Crippen LogP contribution in [0.1, 0.15) is 23.2 Å². The summed E-state index contributed by atoms with van der Waals surface area (Å²) in [5.74, 6) is 0.724. The van der Waals surface area contributed by atoms with Crippen molar-refractivity contribution in [3.05, 3.63) is 23.7 Å². The summed E-state index contributed by atoms with van der Waals surface area (Å²) in [6, 6.07) is 3.21. The van der Waals surface area contributed by atoms with E-state index in [0.717, 1.165) is 0 Å². The first-order valence-corrected chi connectivity index (χ1v) is 3.50. The van der Waals surface area contributed by atoms with Crippen LogP contribution >= 0.6 is 0 Å². The maximum absolute atomic E-state index is 10.5. The molecule has 0 atom stereocenters. The Morgan fingerprint density at radius 2 is 2.42 bits per heavy atom. The van der Waals surface area contributed by atoms with Crippen molar-refractivity contribution >= 4 is 12.2 Å². The summed E-state index contributed by atoms with van der Waals surface area (Å²) in [6.07, 6.45) is 0.622. The van der Waals surface area contributed by atoms with E-state index < -0.39 is 0 Å². The van der Waals surface area contributed by atoms with Crippen LogP contribution in [0.2, 0.25) is 0 Å². The molecule has 4 heteroatoms. The third-order valence-corrected chi connectivity index (χ3v) is 1.31. The minimum Gasteiger partial charge on any atom is -0.456 e. The Balaban J connectivity index is 2.52. The van der Waals surface area contributed by atoms with E-state index >= 15 is 0 Å². The van der Waals surface area contributed by atoms with Crippen LogP contribution in [0.5, 0.6) is 0 Å². The fourth-order valence-electron chi connectivity index (χ4n) is 0.764. The van der Waals surface area contributed by atoms with Crippen molar-refractivity contribution in [1.82, 2.24) is 5.32 Å². The van der Waals surface area contributed by atoms with Crippen molar-refractivity contribution in [3.63, 3.8) is 0 Å². The molecule has 12 heavy (non-hydrogen) atoms. The Kier molecular flexibility index (Phi) is 2.63. The predicted molar refractivity (Wildman–Crippen MR) is 41.6 cm³/mol. The molecule has 0 spiro atoms. The Morgan fingerprint density at radius 1 is 1.67 bits per heavy atom. The zero-order valence-corrected chi connectivity index (χ0v) is 6.66. The lowest BCUT2D eigenvalue weighted by molar-refractivity contribution is -0.119. The highest BCUT2D eigenvalue weighted by Crippen LogP contribution is 2.04. The number of carbonyl (C=O) groups excluding carboxylic acids is 2.